The van der Waals surface area contributed by atoms with E-state index in [1.165, 1.54) is 0 Å². The zero-order valence-corrected chi connectivity index (χ0v) is 15.1. The molecule has 0 spiro atoms. The van der Waals surface area contributed by atoms with E-state index in [1.54, 1.807) is 0 Å². The number of carbonyl (C=O) groups is 1. The summed E-state index contributed by atoms with van der Waals surface area (Å²) in [5.74, 6) is 1.39. The summed E-state index contributed by atoms with van der Waals surface area (Å²) < 4.78 is 12.0. The van der Waals surface area contributed by atoms with Gasteiger partial charge in [0.2, 0.25) is 0 Å². The summed E-state index contributed by atoms with van der Waals surface area (Å²) in [6.07, 6.45) is 4.35. The van der Waals surface area contributed by atoms with Crippen molar-refractivity contribution in [3.8, 4) is 5.75 Å². The average molecular weight is 333 g/mol. The Balaban J connectivity index is 2.17. The van der Waals surface area contributed by atoms with E-state index < -0.39 is 6.04 Å². The minimum atomic E-state index is -0.520. The van der Waals surface area contributed by atoms with E-state index in [9.17, 15) is 4.79 Å². The second-order valence-corrected chi connectivity index (χ2v) is 7.28. The second-order valence-electron chi connectivity index (χ2n) is 7.28. The number of esters is 1. The summed E-state index contributed by atoms with van der Waals surface area (Å²) in [5, 5.41) is 0. The van der Waals surface area contributed by atoms with Gasteiger partial charge >= 0.3 is 5.97 Å². The highest BCUT2D eigenvalue weighted by atomic mass is 16.5. The highest BCUT2D eigenvalue weighted by Gasteiger charge is 2.33. The smallest absolute Gasteiger partial charge is 0.323 e. The monoisotopic (exact) mass is 333 g/mol. The number of para-hydroxylation sites is 1. The van der Waals surface area contributed by atoms with Crippen LogP contribution in [-0.2, 0) is 9.53 Å². The van der Waals surface area contributed by atoms with Gasteiger partial charge in [0.15, 0.2) is 0 Å². The number of cyclic esters (lactones) is 1. The van der Waals surface area contributed by atoms with Crippen LogP contribution in [0.2, 0.25) is 0 Å². The molecule has 1 aliphatic heterocycles. The summed E-state index contributed by atoms with van der Waals surface area (Å²) >= 11 is 0. The summed E-state index contributed by atoms with van der Waals surface area (Å²) in [6, 6.07) is 9.38. The highest BCUT2D eigenvalue weighted by molar-refractivity contribution is 5.75. The molecule has 1 aliphatic rings. The van der Waals surface area contributed by atoms with Gasteiger partial charge in [-0.1, -0.05) is 38.5 Å². The maximum atomic E-state index is 12.1. The third-order valence-electron chi connectivity index (χ3n) is 4.80. The molecule has 1 heterocycles. The fourth-order valence-corrected chi connectivity index (χ4v) is 3.30. The number of carbonyl (C=O) groups excluding carboxylic acids is 1. The molecular formula is C20H31NO3. The Hall–Kier alpha value is -1.55. The lowest BCUT2D eigenvalue weighted by molar-refractivity contribution is -0.153. The molecule has 1 aromatic carbocycles. The molecule has 0 radical (unpaired) electrons. The molecular weight excluding hydrogens is 302 g/mol. The second kappa shape index (κ2) is 9.07. The normalized spacial score (nSPS) is 28.6. The van der Waals surface area contributed by atoms with Crippen molar-refractivity contribution in [1.82, 2.24) is 0 Å². The molecule has 0 aromatic heterocycles. The molecule has 0 unspecified atom stereocenters. The first-order valence-electron chi connectivity index (χ1n) is 9.15. The fraction of sp³-hybridized carbons (Fsp3) is 0.650. The van der Waals surface area contributed by atoms with E-state index in [4.69, 9.17) is 15.2 Å². The molecule has 134 valence electrons. The molecule has 4 atom stereocenters. The lowest BCUT2D eigenvalue weighted by Crippen LogP contribution is -2.39. The summed E-state index contributed by atoms with van der Waals surface area (Å²) in [5.41, 5.74) is 5.93. The van der Waals surface area contributed by atoms with E-state index in [0.717, 1.165) is 31.4 Å². The van der Waals surface area contributed by atoms with Crippen LogP contribution in [-0.4, -0.2) is 24.2 Å². The van der Waals surface area contributed by atoms with Gasteiger partial charge in [-0.25, -0.2) is 0 Å². The predicted octanol–water partition coefficient (Wildman–Crippen LogP) is 3.93. The molecule has 0 aliphatic carbocycles. The Morgan fingerprint density at radius 3 is 2.62 bits per heavy atom. The number of nitrogens with two attached hydrogens (primary N) is 1. The van der Waals surface area contributed by atoms with E-state index >= 15 is 0 Å². The molecule has 0 amide bonds. The van der Waals surface area contributed by atoms with Crippen LogP contribution in [0.5, 0.6) is 5.75 Å². The van der Waals surface area contributed by atoms with Crippen molar-refractivity contribution < 1.29 is 14.3 Å². The van der Waals surface area contributed by atoms with Crippen LogP contribution in [0, 0.1) is 11.8 Å². The Morgan fingerprint density at radius 1 is 1.25 bits per heavy atom. The van der Waals surface area contributed by atoms with Gasteiger partial charge in [-0.15, -0.1) is 0 Å². The molecule has 4 nitrogen and oxygen atoms in total. The zero-order chi connectivity index (χ0) is 17.5. The van der Waals surface area contributed by atoms with Crippen LogP contribution in [0.3, 0.4) is 0 Å². The minimum absolute atomic E-state index is 0.0410. The third kappa shape index (κ3) is 5.52. The number of hydrogen-bond acceptors (Lipinski definition) is 4. The molecule has 24 heavy (non-hydrogen) atoms. The van der Waals surface area contributed by atoms with Gasteiger partial charge in [0.25, 0.3) is 0 Å². The quantitative estimate of drug-likeness (QED) is 0.829. The first kappa shape index (κ1) is 18.8. The average Bonchev–Trinajstić information content (AvgIpc) is 2.58. The zero-order valence-electron chi connectivity index (χ0n) is 15.1. The summed E-state index contributed by atoms with van der Waals surface area (Å²) in [4.78, 5) is 12.1. The molecule has 2 rings (SSSR count). The van der Waals surface area contributed by atoms with Gasteiger partial charge in [-0.3, -0.25) is 4.79 Å². The van der Waals surface area contributed by atoms with Gasteiger partial charge in [-0.2, -0.15) is 0 Å². The van der Waals surface area contributed by atoms with Crippen molar-refractivity contribution in [3.63, 3.8) is 0 Å². The number of ether oxygens (including phenoxy) is 2. The molecule has 1 aromatic rings. The Labute approximate surface area is 145 Å². The standard InChI is InChI=1S/C20H31NO3/c1-14(2)12-13-17-15(3)23-20(22)18(21)10-7-11-19(17)24-16-8-5-4-6-9-16/h4-6,8-9,14-15,17-19H,7,10-13,21H2,1-3H3/t15-,17-,18-,19-/m0/s1. The van der Waals surface area contributed by atoms with Crippen molar-refractivity contribution in [2.45, 2.75) is 71.1 Å². The first-order valence-corrected chi connectivity index (χ1v) is 9.15. The SMILES string of the molecule is CC(C)CC[C@H]1[C@H](C)OC(=O)[C@@H](N)CCC[C@@H]1Oc1ccccc1. The van der Waals surface area contributed by atoms with Gasteiger partial charge in [0.05, 0.1) is 0 Å². The van der Waals surface area contributed by atoms with Crippen molar-refractivity contribution in [3.05, 3.63) is 30.3 Å². The minimum Gasteiger partial charge on any atom is -0.490 e. The third-order valence-corrected chi connectivity index (χ3v) is 4.80. The van der Waals surface area contributed by atoms with Gasteiger partial charge in [0.1, 0.15) is 24.0 Å². The number of hydrogen-bond donors (Lipinski definition) is 1. The van der Waals surface area contributed by atoms with E-state index in [-0.39, 0.29) is 24.1 Å². The van der Waals surface area contributed by atoms with Crippen LogP contribution in [0.15, 0.2) is 30.3 Å². The van der Waals surface area contributed by atoms with Gasteiger partial charge < -0.3 is 15.2 Å². The van der Waals surface area contributed by atoms with Crippen molar-refractivity contribution in [2.75, 3.05) is 0 Å². The van der Waals surface area contributed by atoms with Crippen LogP contribution in [0.25, 0.3) is 0 Å². The van der Waals surface area contributed by atoms with Crippen molar-refractivity contribution in [1.29, 1.82) is 0 Å². The topological polar surface area (TPSA) is 61.5 Å². The molecule has 4 heteroatoms. The van der Waals surface area contributed by atoms with E-state index in [0.29, 0.717) is 12.3 Å². The number of rotatable bonds is 5. The molecule has 1 saturated heterocycles. The highest BCUT2D eigenvalue weighted by Crippen LogP contribution is 2.30. The van der Waals surface area contributed by atoms with Crippen LogP contribution < -0.4 is 10.5 Å². The van der Waals surface area contributed by atoms with Gasteiger partial charge in [0, 0.05) is 5.92 Å². The van der Waals surface area contributed by atoms with Crippen LogP contribution >= 0.6 is 0 Å². The largest absolute Gasteiger partial charge is 0.490 e. The van der Waals surface area contributed by atoms with Crippen LogP contribution in [0.4, 0.5) is 0 Å². The Bertz CT molecular complexity index is 503. The lowest BCUT2D eigenvalue weighted by Gasteiger charge is -2.32. The van der Waals surface area contributed by atoms with Crippen molar-refractivity contribution >= 4 is 5.97 Å². The summed E-state index contributed by atoms with van der Waals surface area (Å²) in [7, 11) is 0. The molecule has 1 fully saturated rings. The maximum absolute atomic E-state index is 12.1. The lowest BCUT2D eigenvalue weighted by atomic mass is 9.86. The van der Waals surface area contributed by atoms with Crippen molar-refractivity contribution in [2.24, 2.45) is 17.6 Å². The van der Waals surface area contributed by atoms with E-state index in [2.05, 4.69) is 13.8 Å². The first-order chi connectivity index (χ1) is 11.5. The molecule has 0 saturated carbocycles. The van der Waals surface area contributed by atoms with E-state index in [1.807, 2.05) is 37.3 Å². The Morgan fingerprint density at radius 2 is 1.96 bits per heavy atom. The number of benzene rings is 1. The molecule has 0 bridgehead atoms. The molecule has 2 N–H and O–H groups in total. The van der Waals surface area contributed by atoms with Crippen LogP contribution in [0.1, 0.15) is 52.9 Å². The maximum Gasteiger partial charge on any atom is 0.323 e. The Kier molecular flexibility index (Phi) is 7.10. The van der Waals surface area contributed by atoms with Gasteiger partial charge in [-0.05, 0) is 50.7 Å². The fourth-order valence-electron chi connectivity index (χ4n) is 3.30. The predicted molar refractivity (Wildman–Crippen MR) is 95.8 cm³/mol. The summed E-state index contributed by atoms with van der Waals surface area (Å²) in [6.45, 7) is 6.41.